The van der Waals surface area contributed by atoms with E-state index >= 15 is 0 Å². The molecule has 1 aromatic rings. The van der Waals surface area contributed by atoms with Crippen LogP contribution in [-0.2, 0) is 17.4 Å². The third-order valence-corrected chi connectivity index (χ3v) is 1.79. The van der Waals surface area contributed by atoms with Crippen LogP contribution in [0.1, 0.15) is 5.56 Å². The molecule has 0 aliphatic carbocycles. The fourth-order valence-electron chi connectivity index (χ4n) is 0.650. The minimum absolute atomic E-state index is 0.371. The highest BCUT2D eigenvalue weighted by Crippen LogP contribution is 1.97. The molecule has 0 amide bonds. The Balaban J connectivity index is 2.99. The van der Waals surface area contributed by atoms with E-state index in [0.717, 1.165) is 9.54 Å². The van der Waals surface area contributed by atoms with Gasteiger partial charge in [0.25, 0.3) is 0 Å². The number of thiol groups is 1. The van der Waals surface area contributed by atoms with Crippen molar-refractivity contribution < 1.29 is 8.42 Å². The number of aromatic nitrogens is 1. The van der Waals surface area contributed by atoms with E-state index < -0.39 is 10.9 Å². The summed E-state index contributed by atoms with van der Waals surface area (Å²) in [6, 6.07) is 1.67. The molecule has 0 saturated carbocycles. The molecule has 0 aromatic carbocycles. The lowest BCUT2D eigenvalue weighted by atomic mass is 10.4. The summed E-state index contributed by atoms with van der Waals surface area (Å²) in [4.78, 5) is 0. The van der Waals surface area contributed by atoms with E-state index in [0.29, 0.717) is 6.54 Å². The van der Waals surface area contributed by atoms with Crippen LogP contribution < -0.4 is 5.73 Å². The van der Waals surface area contributed by atoms with E-state index in [1.807, 2.05) is 0 Å². The Morgan fingerprint density at radius 3 is 2.60 bits per heavy atom. The zero-order chi connectivity index (χ0) is 7.56. The first-order chi connectivity index (χ1) is 4.74. The summed E-state index contributed by atoms with van der Waals surface area (Å²) in [5.74, 6) is 0. The molecular weight excluding hydrogens is 152 g/mol. The Morgan fingerprint density at radius 2 is 2.30 bits per heavy atom. The van der Waals surface area contributed by atoms with Gasteiger partial charge in [0.05, 0.1) is 0 Å². The highest BCUT2D eigenvalue weighted by atomic mass is 32.2. The zero-order valence-electron chi connectivity index (χ0n) is 5.23. The summed E-state index contributed by atoms with van der Waals surface area (Å²) < 4.78 is 21.7. The summed E-state index contributed by atoms with van der Waals surface area (Å²) >= 11 is 0. The fourth-order valence-corrected chi connectivity index (χ4v) is 1.07. The van der Waals surface area contributed by atoms with Crippen molar-refractivity contribution in [3.63, 3.8) is 0 Å². The number of hydrogen-bond acceptors (Lipinski definition) is 3. The maximum atomic E-state index is 10.3. The van der Waals surface area contributed by atoms with Gasteiger partial charge in [0, 0.05) is 18.9 Å². The van der Waals surface area contributed by atoms with Gasteiger partial charge in [-0.25, -0.2) is 8.42 Å². The molecule has 0 atom stereocenters. The van der Waals surface area contributed by atoms with Crippen LogP contribution >= 0.6 is 0 Å². The van der Waals surface area contributed by atoms with Gasteiger partial charge in [0.1, 0.15) is 0 Å². The third kappa shape index (κ3) is 1.37. The van der Waals surface area contributed by atoms with Crippen LogP contribution in [0.3, 0.4) is 0 Å². The summed E-state index contributed by atoms with van der Waals surface area (Å²) in [5.41, 5.74) is 6.07. The lowest BCUT2D eigenvalue weighted by Gasteiger charge is -1.85. The first-order valence-corrected chi connectivity index (χ1v) is 3.88. The molecule has 1 heterocycles. The quantitative estimate of drug-likeness (QED) is 0.563. The molecule has 0 unspecified atom stereocenters. The maximum Gasteiger partial charge on any atom is 0.228 e. The van der Waals surface area contributed by atoms with E-state index in [-0.39, 0.29) is 0 Å². The van der Waals surface area contributed by atoms with Crippen molar-refractivity contribution in [2.24, 2.45) is 5.73 Å². The molecule has 0 bridgehead atoms. The Hall–Kier alpha value is -0.810. The van der Waals surface area contributed by atoms with Crippen molar-refractivity contribution in [1.82, 2.24) is 3.97 Å². The number of hydrogen-bond donors (Lipinski definition) is 2. The Kier molecular flexibility index (Phi) is 2.08. The van der Waals surface area contributed by atoms with E-state index in [1.54, 1.807) is 6.07 Å². The minimum Gasteiger partial charge on any atom is -0.326 e. The molecule has 4 nitrogen and oxygen atoms in total. The average molecular weight is 160 g/mol. The topological polar surface area (TPSA) is 65.1 Å². The standard InChI is InChI=1S/C5H8N2O2S/c6-3-5-1-2-7(4-5)10(8)9/h1-2,4,10H,3,6H2. The highest BCUT2D eigenvalue weighted by molar-refractivity contribution is 7.70. The highest BCUT2D eigenvalue weighted by Gasteiger charge is 1.93. The molecule has 0 radical (unpaired) electrons. The van der Waals surface area contributed by atoms with Crippen molar-refractivity contribution in [1.29, 1.82) is 0 Å². The zero-order valence-corrected chi connectivity index (χ0v) is 6.12. The SMILES string of the molecule is NCc1ccn([SH](=O)=O)c1. The van der Waals surface area contributed by atoms with Crippen molar-refractivity contribution >= 4 is 10.9 Å². The monoisotopic (exact) mass is 160 g/mol. The minimum atomic E-state index is -2.52. The van der Waals surface area contributed by atoms with Gasteiger partial charge in [-0.3, -0.25) is 3.97 Å². The summed E-state index contributed by atoms with van der Waals surface area (Å²) in [5, 5.41) is 0. The largest absolute Gasteiger partial charge is 0.326 e. The second kappa shape index (κ2) is 2.85. The van der Waals surface area contributed by atoms with Crippen molar-refractivity contribution in [3.05, 3.63) is 24.0 Å². The number of nitrogens with two attached hydrogens (primary N) is 1. The second-order valence-corrected chi connectivity index (χ2v) is 2.78. The molecule has 0 fully saturated rings. The molecular formula is C5H8N2O2S. The van der Waals surface area contributed by atoms with E-state index in [2.05, 4.69) is 0 Å². The predicted octanol–water partition coefficient (Wildman–Crippen LogP) is -0.679. The van der Waals surface area contributed by atoms with Gasteiger partial charge in [-0.05, 0) is 11.6 Å². The van der Waals surface area contributed by atoms with Crippen molar-refractivity contribution in [2.75, 3.05) is 0 Å². The van der Waals surface area contributed by atoms with E-state index in [1.165, 1.54) is 12.4 Å². The Labute approximate surface area is 60.3 Å². The smallest absolute Gasteiger partial charge is 0.228 e. The first-order valence-electron chi connectivity index (χ1n) is 2.75. The van der Waals surface area contributed by atoms with Gasteiger partial charge in [-0.2, -0.15) is 0 Å². The second-order valence-electron chi connectivity index (χ2n) is 1.84. The molecule has 5 heteroatoms. The molecule has 1 aromatic heterocycles. The first kappa shape index (κ1) is 7.30. The maximum absolute atomic E-state index is 10.3. The van der Waals surface area contributed by atoms with Gasteiger partial charge in [-0.1, -0.05) is 0 Å². The normalized spacial score (nSPS) is 10.6. The van der Waals surface area contributed by atoms with Gasteiger partial charge in [-0.15, -0.1) is 0 Å². The lowest BCUT2D eigenvalue weighted by molar-refractivity contribution is 0.607. The number of nitrogens with zero attached hydrogens (tertiary/aromatic N) is 1. The van der Waals surface area contributed by atoms with Crippen LogP contribution in [0.2, 0.25) is 0 Å². The number of rotatable bonds is 2. The van der Waals surface area contributed by atoms with Gasteiger partial charge in [0.15, 0.2) is 0 Å². The van der Waals surface area contributed by atoms with Crippen molar-refractivity contribution in [2.45, 2.75) is 6.54 Å². The molecule has 1 rings (SSSR count). The van der Waals surface area contributed by atoms with Crippen LogP contribution in [0.25, 0.3) is 0 Å². The van der Waals surface area contributed by atoms with Crippen LogP contribution in [0.5, 0.6) is 0 Å². The average Bonchev–Trinajstić information content (AvgIpc) is 2.34. The van der Waals surface area contributed by atoms with Crippen LogP contribution in [-0.4, -0.2) is 12.4 Å². The molecule has 0 aliphatic rings. The van der Waals surface area contributed by atoms with Crippen LogP contribution in [0.15, 0.2) is 18.5 Å². The van der Waals surface area contributed by atoms with E-state index in [4.69, 9.17) is 5.73 Å². The predicted molar refractivity (Wildman–Crippen MR) is 38.0 cm³/mol. The fraction of sp³-hybridized carbons (Fsp3) is 0.200. The molecule has 2 N–H and O–H groups in total. The molecule has 0 saturated heterocycles. The van der Waals surface area contributed by atoms with Gasteiger partial charge < -0.3 is 5.73 Å². The molecule has 0 spiro atoms. The van der Waals surface area contributed by atoms with Gasteiger partial charge >= 0.3 is 0 Å². The van der Waals surface area contributed by atoms with Crippen LogP contribution in [0, 0.1) is 0 Å². The molecule has 0 aliphatic heterocycles. The van der Waals surface area contributed by atoms with E-state index in [9.17, 15) is 8.42 Å². The summed E-state index contributed by atoms with van der Waals surface area (Å²) in [7, 11) is -2.52. The molecule has 56 valence electrons. The molecule has 10 heavy (non-hydrogen) atoms. The lowest BCUT2D eigenvalue weighted by Crippen LogP contribution is -1.95. The van der Waals surface area contributed by atoms with Gasteiger partial charge in [0.2, 0.25) is 10.9 Å². The van der Waals surface area contributed by atoms with Crippen LogP contribution in [0.4, 0.5) is 0 Å². The van der Waals surface area contributed by atoms with Crippen molar-refractivity contribution in [3.8, 4) is 0 Å². The summed E-state index contributed by atoms with van der Waals surface area (Å²) in [6.45, 7) is 0.371. The summed E-state index contributed by atoms with van der Waals surface area (Å²) in [6.07, 6.45) is 2.96. The Bertz CT molecular complexity index is 282. The third-order valence-electron chi connectivity index (χ3n) is 1.16. The Morgan fingerprint density at radius 1 is 1.60 bits per heavy atom.